The molecule has 2 aromatic carbocycles. The van der Waals surface area contributed by atoms with Crippen LogP contribution in [0.15, 0.2) is 78.8 Å². The number of aromatic hydroxyl groups is 1. The first-order valence-electron chi connectivity index (χ1n) is 9.84. The molecule has 4 rings (SSSR count). The third-order valence-corrected chi connectivity index (χ3v) is 4.65. The van der Waals surface area contributed by atoms with Crippen molar-refractivity contribution in [3.05, 3.63) is 89.9 Å². The van der Waals surface area contributed by atoms with Crippen molar-refractivity contribution in [1.82, 2.24) is 15.6 Å². The molecule has 1 unspecified atom stereocenters. The molecule has 2 heterocycles. The first kappa shape index (κ1) is 20.3. The molecular weight excluding hydrogens is 362 g/mol. The quantitative estimate of drug-likeness (QED) is 0.592. The Hall–Kier alpha value is -3.47. The van der Waals surface area contributed by atoms with Gasteiger partial charge in [0.1, 0.15) is 17.0 Å². The number of nitrogens with zero attached hydrogens (tertiary/aromatic N) is 1. The van der Waals surface area contributed by atoms with Crippen LogP contribution in [0.25, 0.3) is 10.9 Å². The summed E-state index contributed by atoms with van der Waals surface area (Å²) in [5, 5.41) is 18.6. The first-order valence-corrected chi connectivity index (χ1v) is 9.84. The second-order valence-electron chi connectivity index (χ2n) is 6.32. The predicted molar refractivity (Wildman–Crippen MR) is 118 cm³/mol. The Morgan fingerprint density at radius 2 is 1.90 bits per heavy atom. The van der Waals surface area contributed by atoms with Crippen LogP contribution in [0, 0.1) is 0 Å². The van der Waals surface area contributed by atoms with Crippen molar-refractivity contribution < 1.29 is 9.84 Å². The van der Waals surface area contributed by atoms with Gasteiger partial charge in [0, 0.05) is 23.7 Å². The highest BCUT2D eigenvalue weighted by Gasteiger charge is 2.21. The number of dihydropyridines is 1. The number of methoxy groups -OCH3 is 1. The van der Waals surface area contributed by atoms with Gasteiger partial charge in [-0.1, -0.05) is 56.3 Å². The summed E-state index contributed by atoms with van der Waals surface area (Å²) in [5.74, 6) is 1.88. The summed E-state index contributed by atoms with van der Waals surface area (Å²) >= 11 is 0. The highest BCUT2D eigenvalue weighted by molar-refractivity contribution is 5.85. The monoisotopic (exact) mass is 389 g/mol. The van der Waals surface area contributed by atoms with Gasteiger partial charge >= 0.3 is 0 Å². The van der Waals surface area contributed by atoms with Gasteiger partial charge in [-0.2, -0.15) is 0 Å². The number of rotatable bonds is 5. The first-order chi connectivity index (χ1) is 14.3. The van der Waals surface area contributed by atoms with E-state index in [1.54, 1.807) is 13.3 Å². The molecule has 1 aliphatic heterocycles. The van der Waals surface area contributed by atoms with Crippen LogP contribution in [-0.4, -0.2) is 23.7 Å². The van der Waals surface area contributed by atoms with E-state index in [4.69, 9.17) is 4.74 Å². The van der Waals surface area contributed by atoms with Crippen molar-refractivity contribution in [2.45, 2.75) is 19.9 Å². The molecule has 0 aliphatic carbocycles. The highest BCUT2D eigenvalue weighted by atomic mass is 16.5. The topological polar surface area (TPSA) is 66.4 Å². The second-order valence-corrected chi connectivity index (χ2v) is 6.32. The molecule has 5 heteroatoms. The molecule has 0 saturated heterocycles. The third-order valence-electron chi connectivity index (χ3n) is 4.65. The number of ether oxygens (including phenoxy) is 1. The van der Waals surface area contributed by atoms with Crippen LogP contribution < -0.4 is 15.4 Å². The largest absolute Gasteiger partial charge is 0.505 e. The van der Waals surface area contributed by atoms with E-state index in [-0.39, 0.29) is 11.8 Å². The van der Waals surface area contributed by atoms with Crippen molar-refractivity contribution >= 4 is 10.9 Å². The normalized spacial score (nSPS) is 13.6. The van der Waals surface area contributed by atoms with E-state index in [1.165, 1.54) is 0 Å². The number of hydrogen-bond donors (Lipinski definition) is 3. The van der Waals surface area contributed by atoms with Crippen LogP contribution in [-0.2, 0) is 0 Å². The molecule has 0 radical (unpaired) electrons. The van der Waals surface area contributed by atoms with E-state index < -0.39 is 0 Å². The SMILES string of the molecule is CC.COc1ccc(C(NC2=CC=CCN2)c2ccc3cccnc3c2O)cc1. The number of allylic oxidation sites excluding steroid dienone is 2. The number of hydrogen-bond acceptors (Lipinski definition) is 5. The maximum Gasteiger partial charge on any atom is 0.147 e. The Kier molecular flexibility index (Phi) is 6.74. The number of benzene rings is 2. The number of fused-ring (bicyclic) bond motifs is 1. The molecule has 0 amide bonds. The zero-order chi connectivity index (χ0) is 20.6. The average Bonchev–Trinajstić information content (AvgIpc) is 2.80. The molecule has 0 fully saturated rings. The van der Waals surface area contributed by atoms with E-state index in [1.807, 2.05) is 80.6 Å². The van der Waals surface area contributed by atoms with Crippen molar-refractivity contribution in [2.24, 2.45) is 0 Å². The summed E-state index contributed by atoms with van der Waals surface area (Å²) in [4.78, 5) is 4.35. The minimum atomic E-state index is -0.243. The van der Waals surface area contributed by atoms with Crippen LogP contribution in [0.5, 0.6) is 11.5 Å². The lowest BCUT2D eigenvalue weighted by molar-refractivity contribution is 0.414. The zero-order valence-electron chi connectivity index (χ0n) is 17.0. The van der Waals surface area contributed by atoms with E-state index in [0.717, 1.165) is 34.6 Å². The summed E-state index contributed by atoms with van der Waals surface area (Å²) in [6.45, 7) is 4.76. The molecule has 0 spiro atoms. The molecule has 1 aliphatic rings. The van der Waals surface area contributed by atoms with Gasteiger partial charge in [0.2, 0.25) is 0 Å². The van der Waals surface area contributed by atoms with Gasteiger partial charge in [0.05, 0.1) is 19.0 Å². The average molecular weight is 389 g/mol. The number of aromatic nitrogens is 1. The minimum Gasteiger partial charge on any atom is -0.505 e. The van der Waals surface area contributed by atoms with Crippen molar-refractivity contribution in [3.63, 3.8) is 0 Å². The summed E-state index contributed by atoms with van der Waals surface area (Å²) in [6, 6.07) is 15.3. The lowest BCUT2D eigenvalue weighted by atomic mass is 9.96. The van der Waals surface area contributed by atoms with E-state index in [2.05, 4.69) is 15.6 Å². The Balaban J connectivity index is 0.00000117. The van der Waals surface area contributed by atoms with Gasteiger partial charge in [0.15, 0.2) is 0 Å². The molecule has 150 valence electrons. The molecule has 3 aromatic rings. The highest BCUT2D eigenvalue weighted by Crippen LogP contribution is 2.35. The van der Waals surface area contributed by atoms with E-state index in [9.17, 15) is 5.11 Å². The summed E-state index contributed by atoms with van der Waals surface area (Å²) in [5.41, 5.74) is 2.38. The molecule has 3 N–H and O–H groups in total. The van der Waals surface area contributed by atoms with Gasteiger partial charge in [0.25, 0.3) is 0 Å². The van der Waals surface area contributed by atoms with Gasteiger partial charge in [-0.25, -0.2) is 0 Å². The molecule has 29 heavy (non-hydrogen) atoms. The molecule has 0 bridgehead atoms. The van der Waals surface area contributed by atoms with Gasteiger partial charge < -0.3 is 20.5 Å². The molecule has 1 atom stereocenters. The van der Waals surface area contributed by atoms with Gasteiger partial charge in [-0.3, -0.25) is 4.98 Å². The third kappa shape index (κ3) is 4.51. The lowest BCUT2D eigenvalue weighted by Crippen LogP contribution is -2.31. The molecular formula is C24H27N3O2. The van der Waals surface area contributed by atoms with Crippen LogP contribution in [0.4, 0.5) is 0 Å². The van der Waals surface area contributed by atoms with Crippen LogP contribution >= 0.6 is 0 Å². The summed E-state index contributed by atoms with van der Waals surface area (Å²) in [6.07, 6.45) is 7.73. The maximum absolute atomic E-state index is 10.9. The second kappa shape index (κ2) is 9.64. The molecule has 5 nitrogen and oxygen atoms in total. The zero-order valence-corrected chi connectivity index (χ0v) is 17.0. The summed E-state index contributed by atoms with van der Waals surface area (Å²) < 4.78 is 5.27. The smallest absolute Gasteiger partial charge is 0.147 e. The Bertz CT molecular complexity index is 1010. The van der Waals surface area contributed by atoms with Gasteiger partial charge in [-0.15, -0.1) is 0 Å². The number of nitrogens with one attached hydrogen (secondary N) is 2. The van der Waals surface area contributed by atoms with Crippen molar-refractivity contribution in [1.29, 1.82) is 0 Å². The van der Waals surface area contributed by atoms with Crippen LogP contribution in [0.1, 0.15) is 31.0 Å². The van der Waals surface area contributed by atoms with E-state index in [0.29, 0.717) is 5.52 Å². The maximum atomic E-state index is 10.9. The van der Waals surface area contributed by atoms with E-state index >= 15 is 0 Å². The Morgan fingerprint density at radius 1 is 1.10 bits per heavy atom. The predicted octanol–water partition coefficient (Wildman–Crippen LogP) is 4.66. The lowest BCUT2D eigenvalue weighted by Gasteiger charge is -2.25. The number of pyridine rings is 1. The number of phenols is 1. The fraction of sp³-hybridized carbons (Fsp3) is 0.208. The van der Waals surface area contributed by atoms with Crippen LogP contribution in [0.3, 0.4) is 0 Å². The Labute approximate surface area is 171 Å². The fourth-order valence-corrected chi connectivity index (χ4v) is 3.23. The van der Waals surface area contributed by atoms with Crippen molar-refractivity contribution in [2.75, 3.05) is 13.7 Å². The summed E-state index contributed by atoms with van der Waals surface area (Å²) in [7, 11) is 1.65. The molecule has 1 aromatic heterocycles. The fourth-order valence-electron chi connectivity index (χ4n) is 3.23. The van der Waals surface area contributed by atoms with Crippen LogP contribution in [0.2, 0.25) is 0 Å². The van der Waals surface area contributed by atoms with Gasteiger partial charge in [-0.05, 0) is 29.8 Å². The van der Waals surface area contributed by atoms with Crippen molar-refractivity contribution in [3.8, 4) is 11.5 Å². The standard InChI is InChI=1S/C22H21N3O2.C2H6/c1-27-17-10-7-16(8-11-17)20(25-19-6-2-3-13-23-19)18-12-9-15-5-4-14-24-21(15)22(18)26;1-2/h2-12,14,20,23,25-26H,13H2,1H3;1-2H3. The number of phenolic OH excluding ortho intramolecular Hbond substituents is 1. The Morgan fingerprint density at radius 3 is 2.59 bits per heavy atom. The minimum absolute atomic E-state index is 0.188. The molecule has 0 saturated carbocycles.